The summed E-state index contributed by atoms with van der Waals surface area (Å²) < 4.78 is 105. The van der Waals surface area contributed by atoms with Gasteiger partial charge in [-0.2, -0.15) is 26.3 Å². The lowest BCUT2D eigenvalue weighted by Crippen LogP contribution is -2.50. The van der Waals surface area contributed by atoms with E-state index in [-0.39, 0.29) is 6.54 Å². The molecule has 3 unspecified atom stereocenters. The molecule has 2 aliphatic rings. The van der Waals surface area contributed by atoms with Crippen molar-refractivity contribution in [2.75, 3.05) is 6.54 Å². The van der Waals surface area contributed by atoms with Gasteiger partial charge in [-0.25, -0.2) is 8.78 Å². The first kappa shape index (κ1) is 23.3. The number of aliphatic hydroxyl groups is 1. The van der Waals surface area contributed by atoms with E-state index in [2.05, 4.69) is 5.32 Å². The molecule has 4 rings (SSSR count). The lowest BCUT2D eigenvalue weighted by molar-refractivity contribution is -0.348. The predicted molar refractivity (Wildman–Crippen MR) is 101 cm³/mol. The second-order valence-electron chi connectivity index (χ2n) is 8.19. The van der Waals surface area contributed by atoms with Gasteiger partial charge in [0.25, 0.3) is 0 Å². The maximum Gasteiger partial charge on any atom is 0.435 e. The molecule has 2 N–H and O–H groups in total. The van der Waals surface area contributed by atoms with E-state index < -0.39 is 45.8 Å². The van der Waals surface area contributed by atoms with Gasteiger partial charge in [-0.3, -0.25) is 0 Å². The Hall–Kier alpha value is -1.85. The predicted octanol–water partition coefficient (Wildman–Crippen LogP) is 5.60. The number of rotatable bonds is 4. The molecule has 0 radical (unpaired) electrons. The highest BCUT2D eigenvalue weighted by atomic mass is 32.2. The van der Waals surface area contributed by atoms with Crippen LogP contribution in [0.25, 0.3) is 0 Å². The number of nitrogens with one attached hydrogen (secondary N) is 1. The second-order valence-corrected chi connectivity index (χ2v) is 9.65. The van der Waals surface area contributed by atoms with Crippen molar-refractivity contribution in [1.82, 2.24) is 5.32 Å². The zero-order valence-electron chi connectivity index (χ0n) is 16.2. The van der Waals surface area contributed by atoms with Gasteiger partial charge in [0.1, 0.15) is 5.82 Å². The van der Waals surface area contributed by atoms with E-state index >= 15 is 0 Å². The van der Waals surface area contributed by atoms with Gasteiger partial charge in [-0.1, -0.05) is 24.3 Å². The Bertz CT molecular complexity index is 977. The van der Waals surface area contributed by atoms with Crippen LogP contribution in [0.3, 0.4) is 0 Å². The summed E-state index contributed by atoms with van der Waals surface area (Å²) in [4.78, 5) is 0.620. The van der Waals surface area contributed by atoms with Gasteiger partial charge in [-0.05, 0) is 42.7 Å². The highest BCUT2D eigenvalue weighted by molar-refractivity contribution is 8.00. The van der Waals surface area contributed by atoms with Gasteiger partial charge in [0, 0.05) is 22.5 Å². The first-order chi connectivity index (χ1) is 14.7. The van der Waals surface area contributed by atoms with Crippen LogP contribution in [0.15, 0.2) is 53.4 Å². The smallest absolute Gasteiger partial charge is 0.391 e. The molecule has 1 saturated carbocycles. The van der Waals surface area contributed by atoms with Crippen molar-refractivity contribution >= 4 is 11.8 Å². The van der Waals surface area contributed by atoms with Crippen molar-refractivity contribution in [3.05, 3.63) is 65.5 Å². The van der Waals surface area contributed by atoms with E-state index in [4.69, 9.17) is 0 Å². The molecule has 0 bridgehead atoms. The number of hydrogen-bond donors (Lipinski definition) is 2. The topological polar surface area (TPSA) is 32.3 Å². The molecule has 2 aromatic carbocycles. The first-order valence-corrected chi connectivity index (χ1v) is 10.4. The minimum atomic E-state index is -6.19. The van der Waals surface area contributed by atoms with Crippen molar-refractivity contribution in [3.8, 4) is 0 Å². The van der Waals surface area contributed by atoms with Gasteiger partial charge in [0.2, 0.25) is 0 Å². The average molecular weight is 483 g/mol. The van der Waals surface area contributed by atoms with E-state index in [1.54, 1.807) is 0 Å². The van der Waals surface area contributed by atoms with E-state index in [0.29, 0.717) is 35.4 Å². The lowest BCUT2D eigenvalue weighted by Gasteiger charge is -2.32. The summed E-state index contributed by atoms with van der Waals surface area (Å²) in [7, 11) is 0. The van der Waals surface area contributed by atoms with Gasteiger partial charge in [-0.15, -0.1) is 11.8 Å². The Labute approximate surface area is 182 Å². The largest absolute Gasteiger partial charge is 0.435 e. The molecule has 0 aromatic heterocycles. The summed E-state index contributed by atoms with van der Waals surface area (Å²) in [5, 5.41) is 13.2. The van der Waals surface area contributed by atoms with Crippen molar-refractivity contribution < 1.29 is 40.2 Å². The quantitative estimate of drug-likeness (QED) is 0.556. The van der Waals surface area contributed by atoms with Gasteiger partial charge in [0.15, 0.2) is 0 Å². The molecule has 3 atom stereocenters. The molecule has 11 heteroatoms. The maximum atomic E-state index is 14.4. The fourth-order valence-electron chi connectivity index (χ4n) is 4.17. The number of aliphatic hydroxyl groups excluding tert-OH is 1. The van der Waals surface area contributed by atoms with Gasteiger partial charge >= 0.3 is 18.0 Å². The van der Waals surface area contributed by atoms with Crippen molar-refractivity contribution in [3.63, 3.8) is 0 Å². The fraction of sp³-hybridized carbons (Fsp3) is 0.429. The first-order valence-electron chi connectivity index (χ1n) is 9.54. The van der Waals surface area contributed by atoms with Crippen LogP contribution in [0.5, 0.6) is 0 Å². The summed E-state index contributed by atoms with van der Waals surface area (Å²) >= 11 is 1.25. The van der Waals surface area contributed by atoms with E-state index in [1.165, 1.54) is 36.0 Å². The number of hydrogen-bond acceptors (Lipinski definition) is 3. The molecular weight excluding hydrogens is 466 g/mol. The Morgan fingerprint density at radius 2 is 1.41 bits per heavy atom. The minimum absolute atomic E-state index is 0.255. The number of thioether (sulfide) groups is 1. The summed E-state index contributed by atoms with van der Waals surface area (Å²) in [6, 6.07) is 8.56. The van der Waals surface area contributed by atoms with Crippen LogP contribution in [0, 0.1) is 5.82 Å². The molecule has 2 fully saturated rings. The van der Waals surface area contributed by atoms with Gasteiger partial charge in [0.05, 0.1) is 10.9 Å². The number of halogens is 8. The fourth-order valence-corrected chi connectivity index (χ4v) is 5.63. The summed E-state index contributed by atoms with van der Waals surface area (Å²) in [5.41, 5.74) is -7.30. The third-order valence-corrected chi connectivity index (χ3v) is 7.50. The van der Waals surface area contributed by atoms with E-state index in [1.807, 2.05) is 0 Å². The molecule has 1 spiro atoms. The zero-order valence-corrected chi connectivity index (χ0v) is 17.0. The second kappa shape index (κ2) is 7.33. The van der Waals surface area contributed by atoms with Crippen LogP contribution < -0.4 is 5.32 Å². The molecule has 1 saturated heterocycles. The summed E-state index contributed by atoms with van der Waals surface area (Å²) in [6.45, 7) is 0.255. The summed E-state index contributed by atoms with van der Waals surface area (Å²) in [6.07, 6.45) is -12.2. The van der Waals surface area contributed by atoms with Crippen LogP contribution in [0.4, 0.5) is 35.1 Å². The normalized spacial score (nSPS) is 28.3. The average Bonchev–Trinajstić information content (AvgIpc) is 3.16. The SMILES string of the molecule is OC1CC12CC(Sc1ccc(F)cc1)(c1ccc(C(F)(C(F)(F)F)C(F)(F)F)cc1)CN2. The molecule has 0 amide bonds. The monoisotopic (exact) mass is 483 g/mol. The number of benzene rings is 2. The molecule has 1 aliphatic heterocycles. The molecule has 1 heterocycles. The molecular formula is C21H17F8NOS. The third kappa shape index (κ3) is 3.67. The van der Waals surface area contributed by atoms with Crippen molar-refractivity contribution in [2.24, 2.45) is 0 Å². The highest BCUT2D eigenvalue weighted by Crippen LogP contribution is 2.58. The lowest BCUT2D eigenvalue weighted by atomic mass is 9.89. The Kier molecular flexibility index (Phi) is 5.34. The third-order valence-electron chi connectivity index (χ3n) is 6.08. The van der Waals surface area contributed by atoms with Crippen LogP contribution in [-0.2, 0) is 10.4 Å². The molecule has 2 nitrogen and oxygen atoms in total. The van der Waals surface area contributed by atoms with Crippen molar-refractivity contribution in [1.29, 1.82) is 0 Å². The van der Waals surface area contributed by atoms with Crippen LogP contribution in [-0.4, -0.2) is 35.6 Å². The Morgan fingerprint density at radius 3 is 1.84 bits per heavy atom. The Morgan fingerprint density at radius 1 is 0.875 bits per heavy atom. The van der Waals surface area contributed by atoms with E-state index in [0.717, 1.165) is 12.1 Å². The van der Waals surface area contributed by atoms with Crippen LogP contribution in [0.2, 0.25) is 0 Å². The summed E-state index contributed by atoms with van der Waals surface area (Å²) in [5.74, 6) is -0.468. The molecule has 2 aromatic rings. The van der Waals surface area contributed by atoms with Gasteiger partial charge < -0.3 is 10.4 Å². The maximum absolute atomic E-state index is 14.4. The van der Waals surface area contributed by atoms with E-state index in [9.17, 15) is 40.2 Å². The molecule has 174 valence electrons. The number of alkyl halides is 7. The van der Waals surface area contributed by atoms with Crippen LogP contribution in [0.1, 0.15) is 24.0 Å². The zero-order chi connectivity index (χ0) is 23.6. The van der Waals surface area contributed by atoms with Crippen molar-refractivity contribution in [2.45, 2.75) is 52.1 Å². The molecule has 32 heavy (non-hydrogen) atoms. The minimum Gasteiger partial charge on any atom is -0.391 e. The highest BCUT2D eigenvalue weighted by Gasteiger charge is 2.73. The van der Waals surface area contributed by atoms with Crippen LogP contribution >= 0.6 is 11.8 Å². The Balaban J connectivity index is 1.72. The standard InChI is InChI=1S/C21H17F8NOS/c22-14-5-7-15(8-6-14)32-18(10-17(30-11-18)9-16(17)31)12-1-3-13(4-2-12)19(23,20(24,25)26)21(27,28)29/h1-8,16,30-31H,9-11H2. The molecule has 1 aliphatic carbocycles.